The number of carbonyl (C=O) groups is 1. The number of imidazole rings is 1. The molecule has 3 aromatic heterocycles. The molecule has 8 heteroatoms. The van der Waals surface area contributed by atoms with Gasteiger partial charge in [-0.15, -0.1) is 0 Å². The predicted octanol–water partition coefficient (Wildman–Crippen LogP) is 0.495. The van der Waals surface area contributed by atoms with Crippen molar-refractivity contribution in [2.24, 2.45) is 5.92 Å². The van der Waals surface area contributed by atoms with Crippen molar-refractivity contribution < 1.29 is 9.90 Å². The highest BCUT2D eigenvalue weighted by atomic mass is 16.3. The summed E-state index contributed by atoms with van der Waals surface area (Å²) in [4.78, 5) is 20.6. The van der Waals surface area contributed by atoms with Crippen LogP contribution in [0.3, 0.4) is 0 Å². The van der Waals surface area contributed by atoms with Gasteiger partial charge in [-0.3, -0.25) is 13.9 Å². The van der Waals surface area contributed by atoms with Crippen LogP contribution in [-0.2, 0) is 6.54 Å². The molecule has 0 aromatic carbocycles. The lowest BCUT2D eigenvalue weighted by atomic mass is 10.1. The first-order valence-electron chi connectivity index (χ1n) is 7.94. The maximum absolute atomic E-state index is 12.4. The van der Waals surface area contributed by atoms with Gasteiger partial charge in [-0.25, -0.2) is 9.97 Å². The molecule has 24 heavy (non-hydrogen) atoms. The SMILES string of the molecule is O=C(N[C@@H]1CC(Cn2cccn2)C[C@H]1O)c1cnc2nccn2c1. The number of hydrogen-bond acceptors (Lipinski definition) is 5. The molecule has 0 bridgehead atoms. The minimum atomic E-state index is -0.542. The van der Waals surface area contributed by atoms with Crippen LogP contribution in [0.25, 0.3) is 5.78 Å². The Morgan fingerprint density at radius 2 is 2.21 bits per heavy atom. The van der Waals surface area contributed by atoms with Gasteiger partial charge >= 0.3 is 0 Å². The van der Waals surface area contributed by atoms with Crippen LogP contribution in [0.2, 0.25) is 0 Å². The average Bonchev–Trinajstić information content (AvgIpc) is 3.29. The molecule has 0 saturated heterocycles. The first kappa shape index (κ1) is 14.8. The minimum absolute atomic E-state index is 0.234. The number of aromatic nitrogens is 5. The third kappa shape index (κ3) is 2.88. The van der Waals surface area contributed by atoms with Crippen molar-refractivity contribution in [3.05, 3.63) is 48.8 Å². The maximum atomic E-state index is 12.4. The molecule has 1 aliphatic carbocycles. The Kier molecular flexibility index (Phi) is 3.73. The smallest absolute Gasteiger partial charge is 0.254 e. The number of rotatable bonds is 4. The molecular weight excluding hydrogens is 308 g/mol. The number of amides is 1. The van der Waals surface area contributed by atoms with E-state index >= 15 is 0 Å². The number of aliphatic hydroxyl groups is 1. The van der Waals surface area contributed by atoms with Crippen molar-refractivity contribution in [3.63, 3.8) is 0 Å². The highest BCUT2D eigenvalue weighted by Gasteiger charge is 2.34. The zero-order valence-electron chi connectivity index (χ0n) is 13.0. The Morgan fingerprint density at radius 1 is 1.29 bits per heavy atom. The fourth-order valence-electron chi connectivity index (χ4n) is 3.28. The van der Waals surface area contributed by atoms with Gasteiger partial charge in [-0.2, -0.15) is 5.10 Å². The molecule has 0 spiro atoms. The Labute approximate surface area is 138 Å². The summed E-state index contributed by atoms with van der Waals surface area (Å²) in [5, 5.41) is 17.4. The van der Waals surface area contributed by atoms with E-state index in [1.807, 2.05) is 16.9 Å². The second kappa shape index (κ2) is 6.04. The van der Waals surface area contributed by atoms with Crippen molar-refractivity contribution in [3.8, 4) is 0 Å². The summed E-state index contributed by atoms with van der Waals surface area (Å²) in [5.74, 6) is 0.605. The highest BCUT2D eigenvalue weighted by molar-refractivity contribution is 5.94. The van der Waals surface area contributed by atoms with E-state index in [9.17, 15) is 9.90 Å². The van der Waals surface area contributed by atoms with Gasteiger partial charge < -0.3 is 10.4 Å². The van der Waals surface area contributed by atoms with Crippen LogP contribution in [-0.4, -0.2) is 47.3 Å². The Hall–Kier alpha value is -2.74. The summed E-state index contributed by atoms with van der Waals surface area (Å²) in [5.41, 5.74) is 0.447. The average molecular weight is 326 g/mol. The largest absolute Gasteiger partial charge is 0.391 e. The molecule has 8 nitrogen and oxygen atoms in total. The summed E-state index contributed by atoms with van der Waals surface area (Å²) >= 11 is 0. The summed E-state index contributed by atoms with van der Waals surface area (Å²) in [7, 11) is 0. The van der Waals surface area contributed by atoms with Crippen molar-refractivity contribution in [1.29, 1.82) is 0 Å². The summed E-state index contributed by atoms with van der Waals surface area (Å²) < 4.78 is 3.55. The van der Waals surface area contributed by atoms with Crippen LogP contribution in [0.1, 0.15) is 23.2 Å². The van der Waals surface area contributed by atoms with Crippen LogP contribution in [0.5, 0.6) is 0 Å². The molecular formula is C16H18N6O2. The third-order valence-corrected chi connectivity index (χ3v) is 4.46. The molecule has 124 valence electrons. The number of hydrogen-bond donors (Lipinski definition) is 2. The third-order valence-electron chi connectivity index (χ3n) is 4.46. The first-order chi connectivity index (χ1) is 11.7. The number of nitrogens with one attached hydrogen (secondary N) is 1. The predicted molar refractivity (Wildman–Crippen MR) is 85.2 cm³/mol. The summed E-state index contributed by atoms with van der Waals surface area (Å²) in [6, 6.07) is 1.63. The minimum Gasteiger partial charge on any atom is -0.391 e. The van der Waals surface area contributed by atoms with Gasteiger partial charge in [0.15, 0.2) is 0 Å². The van der Waals surface area contributed by atoms with E-state index in [0.717, 1.165) is 13.0 Å². The van der Waals surface area contributed by atoms with Gasteiger partial charge in [0, 0.05) is 43.7 Å². The lowest BCUT2D eigenvalue weighted by Crippen LogP contribution is -2.40. The van der Waals surface area contributed by atoms with Crippen LogP contribution in [0.15, 0.2) is 43.2 Å². The number of fused-ring (bicyclic) bond motifs is 1. The molecule has 3 atom stereocenters. The fraction of sp³-hybridized carbons (Fsp3) is 0.375. The number of nitrogens with zero attached hydrogens (tertiary/aromatic N) is 5. The number of carbonyl (C=O) groups excluding carboxylic acids is 1. The van der Waals surface area contributed by atoms with Gasteiger partial charge in [0.05, 0.1) is 17.7 Å². The zero-order valence-corrected chi connectivity index (χ0v) is 13.0. The highest BCUT2D eigenvalue weighted by Crippen LogP contribution is 2.27. The normalized spacial score (nSPS) is 23.6. The monoisotopic (exact) mass is 326 g/mol. The number of aliphatic hydroxyl groups excluding tert-OH is 1. The van der Waals surface area contributed by atoms with E-state index in [1.165, 1.54) is 6.20 Å². The lowest BCUT2D eigenvalue weighted by Gasteiger charge is -2.16. The first-order valence-corrected chi connectivity index (χ1v) is 7.94. The lowest BCUT2D eigenvalue weighted by molar-refractivity contribution is 0.0872. The van der Waals surface area contributed by atoms with Crippen molar-refractivity contribution >= 4 is 11.7 Å². The van der Waals surface area contributed by atoms with E-state index < -0.39 is 6.10 Å². The maximum Gasteiger partial charge on any atom is 0.254 e. The molecule has 0 aliphatic heterocycles. The Morgan fingerprint density at radius 3 is 3.04 bits per heavy atom. The van der Waals surface area contributed by atoms with E-state index in [2.05, 4.69) is 20.4 Å². The van der Waals surface area contributed by atoms with Gasteiger partial charge in [-0.1, -0.05) is 0 Å². The standard InChI is InChI=1S/C16H18N6O2/c23-14-7-11(9-22-4-1-2-19-22)6-13(14)20-15(24)12-8-18-16-17-3-5-21(16)10-12/h1-5,8,10-11,13-14,23H,6-7,9H2,(H,20,24)/t11?,13-,14-/m1/s1. The molecule has 3 aromatic rings. The molecule has 1 aliphatic rings. The zero-order chi connectivity index (χ0) is 16.5. The van der Waals surface area contributed by atoms with Crippen LogP contribution < -0.4 is 5.32 Å². The molecule has 2 N–H and O–H groups in total. The van der Waals surface area contributed by atoms with Crippen molar-refractivity contribution in [2.75, 3.05) is 0 Å². The quantitative estimate of drug-likeness (QED) is 0.727. The van der Waals surface area contributed by atoms with E-state index in [0.29, 0.717) is 23.7 Å². The molecule has 1 fully saturated rings. The van der Waals surface area contributed by atoms with E-state index in [4.69, 9.17) is 0 Å². The second-order valence-corrected chi connectivity index (χ2v) is 6.19. The summed E-state index contributed by atoms with van der Waals surface area (Å²) in [6.07, 6.45) is 11.0. The van der Waals surface area contributed by atoms with Gasteiger partial charge in [0.1, 0.15) is 0 Å². The fourth-order valence-corrected chi connectivity index (χ4v) is 3.28. The molecule has 1 saturated carbocycles. The summed E-state index contributed by atoms with van der Waals surface area (Å²) in [6.45, 7) is 0.749. The molecule has 0 radical (unpaired) electrons. The molecule has 3 heterocycles. The van der Waals surface area contributed by atoms with Crippen LogP contribution in [0.4, 0.5) is 0 Å². The van der Waals surface area contributed by atoms with Gasteiger partial charge in [0.2, 0.25) is 5.78 Å². The van der Waals surface area contributed by atoms with Crippen LogP contribution in [0, 0.1) is 5.92 Å². The Bertz CT molecular complexity index is 843. The molecule has 4 rings (SSSR count). The Balaban J connectivity index is 1.41. The second-order valence-electron chi connectivity index (χ2n) is 6.19. The molecule has 1 amide bonds. The van der Waals surface area contributed by atoms with E-state index in [-0.39, 0.29) is 11.9 Å². The van der Waals surface area contributed by atoms with E-state index in [1.54, 1.807) is 29.2 Å². The van der Waals surface area contributed by atoms with Gasteiger partial charge in [-0.05, 0) is 24.8 Å². The van der Waals surface area contributed by atoms with Crippen LogP contribution >= 0.6 is 0 Å². The topological polar surface area (TPSA) is 97.3 Å². The van der Waals surface area contributed by atoms with Gasteiger partial charge in [0.25, 0.3) is 5.91 Å². The molecule has 1 unspecified atom stereocenters. The van der Waals surface area contributed by atoms with Crippen molar-refractivity contribution in [2.45, 2.75) is 31.5 Å². The van der Waals surface area contributed by atoms with Crippen molar-refractivity contribution in [1.82, 2.24) is 29.5 Å².